The molecule has 10 nitrogen and oxygen atoms in total. The number of nitrogens with one attached hydrogen (secondary N) is 1. The van der Waals surface area contributed by atoms with Crippen molar-refractivity contribution in [3.63, 3.8) is 0 Å². The van der Waals surface area contributed by atoms with E-state index in [0.717, 1.165) is 6.42 Å². The summed E-state index contributed by atoms with van der Waals surface area (Å²) in [5.74, 6) is -1.10. The lowest BCUT2D eigenvalue weighted by Crippen LogP contribution is -2.46. The van der Waals surface area contributed by atoms with Crippen LogP contribution in [0.5, 0.6) is 5.88 Å². The first-order chi connectivity index (χ1) is 19.5. The van der Waals surface area contributed by atoms with Crippen LogP contribution < -0.4 is 20.7 Å². The second kappa shape index (κ2) is 11.3. The van der Waals surface area contributed by atoms with Gasteiger partial charge in [-0.05, 0) is 43.2 Å². The molecule has 2 aromatic heterocycles. The number of anilines is 2. The molecule has 0 radical (unpaired) electrons. The lowest BCUT2D eigenvalue weighted by Gasteiger charge is -2.43. The summed E-state index contributed by atoms with van der Waals surface area (Å²) in [4.78, 5) is 29.8. The van der Waals surface area contributed by atoms with E-state index >= 15 is 0 Å². The first-order valence-electron chi connectivity index (χ1n) is 13.2. The van der Waals surface area contributed by atoms with E-state index in [1.807, 2.05) is 11.8 Å². The van der Waals surface area contributed by atoms with E-state index in [-0.39, 0.29) is 45.1 Å². The Bertz CT molecular complexity index is 1400. The number of halogens is 4. The third-order valence-electron chi connectivity index (χ3n) is 7.92. The van der Waals surface area contributed by atoms with Crippen LogP contribution in [0.15, 0.2) is 42.9 Å². The number of nitrogen functional groups attached to an aromatic ring is 1. The monoisotopic (exact) mass is 591 g/mol. The molecular weight excluding hydrogens is 563 g/mol. The Morgan fingerprint density at radius 2 is 2.02 bits per heavy atom. The van der Waals surface area contributed by atoms with Crippen molar-refractivity contribution in [3.05, 3.63) is 53.4 Å². The van der Waals surface area contributed by atoms with Gasteiger partial charge >= 0.3 is 12.1 Å². The third kappa shape index (κ3) is 6.01. The molecule has 2 saturated heterocycles. The minimum Gasteiger partial charge on any atom is -0.480 e. The Morgan fingerprint density at radius 3 is 2.66 bits per heavy atom. The Labute approximate surface area is 239 Å². The van der Waals surface area contributed by atoms with Gasteiger partial charge in [-0.2, -0.15) is 23.1 Å². The zero-order valence-corrected chi connectivity index (χ0v) is 22.9. The predicted octanol–water partition coefficient (Wildman–Crippen LogP) is 4.66. The Morgan fingerprint density at radius 1 is 1.27 bits per heavy atom. The minimum atomic E-state index is -4.83. The predicted molar refractivity (Wildman–Crippen MR) is 145 cm³/mol. The number of carbonyl (C=O) groups is 1. The minimum absolute atomic E-state index is 0.0653. The summed E-state index contributed by atoms with van der Waals surface area (Å²) in [6, 6.07) is 4.77. The van der Waals surface area contributed by atoms with Gasteiger partial charge in [0.25, 0.3) is 0 Å². The molecule has 0 saturated carbocycles. The maximum absolute atomic E-state index is 14.4. The van der Waals surface area contributed by atoms with E-state index in [4.69, 9.17) is 22.1 Å². The van der Waals surface area contributed by atoms with Gasteiger partial charge in [-0.15, -0.1) is 0 Å². The molecule has 1 spiro atoms. The first-order valence-corrected chi connectivity index (χ1v) is 13.5. The smallest absolute Gasteiger partial charge is 0.429 e. The van der Waals surface area contributed by atoms with Gasteiger partial charge in [0.2, 0.25) is 17.9 Å². The second-order valence-electron chi connectivity index (χ2n) is 10.4. The molecule has 4 N–H and O–H groups in total. The summed E-state index contributed by atoms with van der Waals surface area (Å²) in [7, 11) is 0. The number of hydrogen-bond donors (Lipinski definition) is 3. The Balaban J connectivity index is 1.41. The number of piperidine rings is 1. The van der Waals surface area contributed by atoms with Crippen molar-refractivity contribution < 1.29 is 27.8 Å². The molecule has 14 heteroatoms. The number of aromatic nitrogens is 4. The first kappa shape index (κ1) is 28.8. The van der Waals surface area contributed by atoms with Crippen LogP contribution in [0.3, 0.4) is 0 Å². The van der Waals surface area contributed by atoms with E-state index in [0.29, 0.717) is 38.2 Å². The fraction of sp³-hybridized carbons (Fsp3) is 0.444. The largest absolute Gasteiger partial charge is 0.480 e. The molecule has 41 heavy (non-hydrogen) atoms. The van der Waals surface area contributed by atoms with E-state index in [2.05, 4.69) is 25.3 Å². The van der Waals surface area contributed by atoms with E-state index in [1.165, 1.54) is 42.9 Å². The van der Waals surface area contributed by atoms with E-state index < -0.39 is 24.3 Å². The summed E-state index contributed by atoms with van der Waals surface area (Å²) in [5, 5.41) is 13.0. The molecular formula is C27H29ClF3N7O3. The molecule has 0 bridgehead atoms. The van der Waals surface area contributed by atoms with Gasteiger partial charge in [-0.1, -0.05) is 24.6 Å². The highest BCUT2D eigenvalue weighted by atomic mass is 35.5. The van der Waals surface area contributed by atoms with Crippen LogP contribution >= 0.6 is 11.6 Å². The van der Waals surface area contributed by atoms with Crippen molar-refractivity contribution in [2.45, 2.75) is 57.0 Å². The van der Waals surface area contributed by atoms with Crippen molar-refractivity contribution in [2.75, 3.05) is 23.7 Å². The number of aliphatic carboxylic acids is 1. The molecule has 2 aliphatic rings. The zero-order chi connectivity index (χ0) is 29.4. The van der Waals surface area contributed by atoms with Gasteiger partial charge in [0.15, 0.2) is 0 Å². The van der Waals surface area contributed by atoms with Crippen LogP contribution in [0, 0.1) is 5.41 Å². The van der Waals surface area contributed by atoms with Gasteiger partial charge in [0, 0.05) is 53.7 Å². The zero-order valence-electron chi connectivity index (χ0n) is 22.1. The number of hydrogen-bond acceptors (Lipinski definition) is 9. The summed E-state index contributed by atoms with van der Waals surface area (Å²) >= 11 is 6.11. The van der Waals surface area contributed by atoms with E-state index in [1.54, 1.807) is 0 Å². The van der Waals surface area contributed by atoms with E-state index in [9.17, 15) is 23.1 Å². The highest BCUT2D eigenvalue weighted by molar-refractivity contribution is 6.30. The third-order valence-corrected chi connectivity index (χ3v) is 8.16. The number of carboxylic acids is 1. The van der Waals surface area contributed by atoms with Gasteiger partial charge in [-0.3, -0.25) is 14.8 Å². The van der Waals surface area contributed by atoms with Crippen LogP contribution in [0.4, 0.5) is 24.9 Å². The van der Waals surface area contributed by atoms with Crippen LogP contribution in [-0.2, 0) is 4.79 Å². The molecule has 3 atom stereocenters. The highest BCUT2D eigenvalue weighted by Crippen LogP contribution is 2.46. The number of nitrogens with zero attached hydrogens (tertiary/aromatic N) is 5. The van der Waals surface area contributed by atoms with Crippen LogP contribution in [0.25, 0.3) is 11.3 Å². The molecule has 2 unspecified atom stereocenters. The van der Waals surface area contributed by atoms with Crippen molar-refractivity contribution in [2.24, 2.45) is 5.41 Å². The number of rotatable bonds is 7. The van der Waals surface area contributed by atoms with Crippen molar-refractivity contribution in [3.8, 4) is 17.1 Å². The molecule has 2 fully saturated rings. The highest BCUT2D eigenvalue weighted by Gasteiger charge is 2.50. The number of alkyl halides is 3. The maximum Gasteiger partial charge on any atom is 0.429 e. The second-order valence-corrected chi connectivity index (χ2v) is 10.8. The Hall–Kier alpha value is -3.71. The topological polar surface area (TPSA) is 139 Å². The fourth-order valence-corrected chi connectivity index (χ4v) is 6.14. The summed E-state index contributed by atoms with van der Waals surface area (Å²) in [5.41, 5.74) is 5.84. The maximum atomic E-state index is 14.4. The molecule has 1 aromatic carbocycles. The molecule has 3 aromatic rings. The average Bonchev–Trinajstić information content (AvgIpc) is 3.30. The number of ether oxygens (including phenoxy) is 1. The molecule has 2 aliphatic heterocycles. The fourth-order valence-electron chi connectivity index (χ4n) is 5.97. The SMILES string of the molecule is CCC1NC(C(=O)O)CC12CCN(c1cc(O[C@H](c3ccc(Cl)cc3-c3cnccn3)C(F)(F)F)nc(N)n1)CC2. The summed E-state index contributed by atoms with van der Waals surface area (Å²) in [6.07, 6.45) is -0.405. The quantitative estimate of drug-likeness (QED) is 0.355. The lowest BCUT2D eigenvalue weighted by molar-refractivity contribution is -0.198. The van der Waals surface area contributed by atoms with Crippen molar-refractivity contribution >= 4 is 29.3 Å². The van der Waals surface area contributed by atoms with Gasteiger partial charge in [0.1, 0.15) is 11.9 Å². The molecule has 0 amide bonds. The standard InChI is InChI=1S/C27H29ClF3N7O3/c1-2-20-26(13-18(35-20)24(39)40)5-9-38(10-6-26)21-12-22(37-25(32)36-21)41-23(27(29,30)31)16-4-3-15(28)11-17(16)19-14-33-7-8-34-19/h3-4,7-8,11-12,14,18,20,23,35H,2,5-6,9-10,13H2,1H3,(H,39,40)(H2,32,36,37)/t18?,20?,23-/m1/s1. The van der Waals surface area contributed by atoms with Gasteiger partial charge < -0.3 is 25.8 Å². The average molecular weight is 592 g/mol. The van der Waals surface area contributed by atoms with Crippen molar-refractivity contribution in [1.82, 2.24) is 25.3 Å². The van der Waals surface area contributed by atoms with Gasteiger partial charge in [-0.25, -0.2) is 0 Å². The van der Waals surface area contributed by atoms with Crippen molar-refractivity contribution in [1.29, 1.82) is 0 Å². The van der Waals surface area contributed by atoms with Crippen LogP contribution in [0.1, 0.15) is 44.3 Å². The number of carboxylic acid groups (broad SMARTS) is 1. The van der Waals surface area contributed by atoms with Gasteiger partial charge in [0.05, 0.1) is 11.9 Å². The Kier molecular flexibility index (Phi) is 7.93. The molecule has 4 heterocycles. The molecule has 5 rings (SSSR count). The molecule has 0 aliphatic carbocycles. The normalized spacial score (nSPS) is 21.1. The number of nitrogens with two attached hydrogens (primary N) is 1. The summed E-state index contributed by atoms with van der Waals surface area (Å²) in [6.45, 7) is 3.08. The van der Waals surface area contributed by atoms with Crippen LogP contribution in [-0.4, -0.2) is 62.4 Å². The number of benzene rings is 1. The lowest BCUT2D eigenvalue weighted by atomic mass is 9.71. The molecule has 218 valence electrons. The van der Waals surface area contributed by atoms with Crippen LogP contribution in [0.2, 0.25) is 5.02 Å². The summed E-state index contributed by atoms with van der Waals surface area (Å²) < 4.78 is 48.8.